The van der Waals surface area contributed by atoms with Crippen molar-refractivity contribution >= 4 is 23.1 Å². The van der Waals surface area contributed by atoms with Gasteiger partial charge in [-0.25, -0.2) is 4.79 Å². The van der Waals surface area contributed by atoms with Crippen LogP contribution in [0.1, 0.15) is 56.5 Å². The summed E-state index contributed by atoms with van der Waals surface area (Å²) in [6.45, 7) is 7.10. The van der Waals surface area contributed by atoms with Crippen molar-refractivity contribution < 1.29 is 4.79 Å². The zero-order chi connectivity index (χ0) is 16.4. The van der Waals surface area contributed by atoms with Gasteiger partial charge >= 0.3 is 6.03 Å². The summed E-state index contributed by atoms with van der Waals surface area (Å²) in [4.78, 5) is 14.6. The van der Waals surface area contributed by atoms with Crippen LogP contribution in [0.3, 0.4) is 0 Å². The maximum absolute atomic E-state index is 12.7. The molecule has 0 aromatic carbocycles. The van der Waals surface area contributed by atoms with Gasteiger partial charge in [0.1, 0.15) is 0 Å². The molecule has 5 nitrogen and oxygen atoms in total. The monoisotopic (exact) mass is 332 g/mol. The Kier molecular flexibility index (Phi) is 4.71. The first-order valence-electron chi connectivity index (χ1n) is 8.25. The highest BCUT2D eigenvalue weighted by atomic mass is 32.1. The quantitative estimate of drug-likeness (QED) is 0.890. The largest absolute Gasteiger partial charge is 0.322 e. The number of urea groups is 1. The van der Waals surface area contributed by atoms with Gasteiger partial charge in [-0.15, -0.1) is 0 Å². The molecule has 2 atom stereocenters. The lowest BCUT2D eigenvalue weighted by atomic mass is 10.1. The summed E-state index contributed by atoms with van der Waals surface area (Å²) in [6, 6.07) is 2.63. The number of amides is 2. The van der Waals surface area contributed by atoms with Crippen LogP contribution in [-0.4, -0.2) is 27.3 Å². The van der Waals surface area contributed by atoms with E-state index in [9.17, 15) is 4.79 Å². The summed E-state index contributed by atoms with van der Waals surface area (Å²) in [5.41, 5.74) is 3.07. The predicted molar refractivity (Wildman–Crippen MR) is 94.0 cm³/mol. The molecule has 1 saturated heterocycles. The average molecular weight is 332 g/mol. The number of nitrogens with zero attached hydrogens (tertiary/aromatic N) is 3. The molecule has 1 aliphatic heterocycles. The van der Waals surface area contributed by atoms with Crippen molar-refractivity contribution in [3.05, 3.63) is 34.3 Å². The minimum Gasteiger partial charge on any atom is -0.317 e. The SMILES string of the molecule is CCC(C)n1ncc(NC(=O)N2CCCC2c2ccsc2)c1C. The van der Waals surface area contributed by atoms with Crippen LogP contribution in [0.15, 0.2) is 23.0 Å². The zero-order valence-electron chi connectivity index (χ0n) is 14.0. The van der Waals surface area contributed by atoms with Crippen LogP contribution >= 0.6 is 11.3 Å². The number of rotatable bonds is 4. The number of carbonyl (C=O) groups excluding carboxylic acids is 1. The number of likely N-dealkylation sites (tertiary alicyclic amines) is 1. The minimum atomic E-state index is -0.0227. The van der Waals surface area contributed by atoms with Gasteiger partial charge in [-0.2, -0.15) is 16.4 Å². The third-order valence-electron chi connectivity index (χ3n) is 4.74. The predicted octanol–water partition coefficient (Wildman–Crippen LogP) is 4.59. The van der Waals surface area contributed by atoms with Gasteiger partial charge in [0.05, 0.1) is 23.6 Å². The lowest BCUT2D eigenvalue weighted by Crippen LogP contribution is -2.34. The Morgan fingerprint density at radius 2 is 2.39 bits per heavy atom. The first kappa shape index (κ1) is 16.1. The van der Waals surface area contributed by atoms with Gasteiger partial charge in [-0.3, -0.25) is 4.68 Å². The number of carbonyl (C=O) groups is 1. The summed E-state index contributed by atoms with van der Waals surface area (Å²) >= 11 is 1.68. The number of hydrogen-bond donors (Lipinski definition) is 1. The molecule has 6 heteroatoms. The molecule has 2 aromatic heterocycles. The Morgan fingerprint density at radius 3 is 3.09 bits per heavy atom. The highest BCUT2D eigenvalue weighted by molar-refractivity contribution is 7.07. The molecule has 1 fully saturated rings. The molecular formula is C17H24N4OS. The van der Waals surface area contributed by atoms with Gasteiger partial charge in [-0.05, 0) is 55.5 Å². The highest BCUT2D eigenvalue weighted by Crippen LogP contribution is 2.33. The third-order valence-corrected chi connectivity index (χ3v) is 5.44. The van der Waals surface area contributed by atoms with Crippen molar-refractivity contribution in [2.45, 2.75) is 52.1 Å². The Balaban J connectivity index is 1.73. The molecule has 0 spiro atoms. The maximum Gasteiger partial charge on any atom is 0.322 e. The molecule has 2 aromatic rings. The lowest BCUT2D eigenvalue weighted by molar-refractivity contribution is 0.207. The number of hydrogen-bond acceptors (Lipinski definition) is 3. The molecule has 0 saturated carbocycles. The van der Waals surface area contributed by atoms with E-state index in [1.807, 2.05) is 16.5 Å². The molecule has 1 N–H and O–H groups in total. The second kappa shape index (κ2) is 6.74. The summed E-state index contributed by atoms with van der Waals surface area (Å²) < 4.78 is 1.98. The van der Waals surface area contributed by atoms with E-state index >= 15 is 0 Å². The van der Waals surface area contributed by atoms with E-state index in [1.54, 1.807) is 17.5 Å². The van der Waals surface area contributed by atoms with E-state index in [0.29, 0.717) is 6.04 Å². The molecule has 3 heterocycles. The number of thiophene rings is 1. The van der Waals surface area contributed by atoms with Gasteiger partial charge in [0.25, 0.3) is 0 Å². The van der Waals surface area contributed by atoms with Crippen molar-refractivity contribution in [2.75, 3.05) is 11.9 Å². The molecule has 3 rings (SSSR count). The molecular weight excluding hydrogens is 308 g/mol. The van der Waals surface area contributed by atoms with Gasteiger partial charge in [0.2, 0.25) is 0 Å². The fourth-order valence-corrected chi connectivity index (χ4v) is 3.88. The Labute approximate surface area is 141 Å². The third kappa shape index (κ3) is 3.13. The molecule has 2 amide bonds. The molecule has 2 unspecified atom stereocenters. The molecule has 0 radical (unpaired) electrons. The zero-order valence-corrected chi connectivity index (χ0v) is 14.8. The molecule has 1 aliphatic rings. The van der Waals surface area contributed by atoms with Gasteiger partial charge in [-0.1, -0.05) is 6.92 Å². The van der Waals surface area contributed by atoms with Crippen molar-refractivity contribution in [2.24, 2.45) is 0 Å². The Morgan fingerprint density at radius 1 is 1.57 bits per heavy atom. The van der Waals surface area contributed by atoms with Crippen LogP contribution in [0.2, 0.25) is 0 Å². The van der Waals surface area contributed by atoms with E-state index in [1.165, 1.54) is 5.56 Å². The average Bonchev–Trinajstić information content (AvgIpc) is 3.27. The van der Waals surface area contributed by atoms with E-state index in [2.05, 4.69) is 41.1 Å². The fraction of sp³-hybridized carbons (Fsp3) is 0.529. The lowest BCUT2D eigenvalue weighted by Gasteiger charge is -2.24. The Bertz CT molecular complexity index is 664. The molecule has 0 aliphatic carbocycles. The van der Waals surface area contributed by atoms with E-state index in [4.69, 9.17) is 0 Å². The topological polar surface area (TPSA) is 50.2 Å². The van der Waals surface area contributed by atoms with Gasteiger partial charge in [0, 0.05) is 12.6 Å². The number of aromatic nitrogens is 2. The highest BCUT2D eigenvalue weighted by Gasteiger charge is 2.30. The summed E-state index contributed by atoms with van der Waals surface area (Å²) in [5, 5.41) is 11.7. The van der Waals surface area contributed by atoms with Gasteiger partial charge < -0.3 is 10.2 Å². The minimum absolute atomic E-state index is 0.0227. The second-order valence-electron chi connectivity index (χ2n) is 6.18. The number of anilines is 1. The summed E-state index contributed by atoms with van der Waals surface area (Å²) in [6.07, 6.45) is 4.87. The van der Waals surface area contributed by atoms with Crippen molar-refractivity contribution in [3.8, 4) is 0 Å². The van der Waals surface area contributed by atoms with Crippen molar-refractivity contribution in [1.82, 2.24) is 14.7 Å². The number of nitrogens with one attached hydrogen (secondary N) is 1. The molecule has 124 valence electrons. The van der Waals surface area contributed by atoms with Crippen molar-refractivity contribution in [3.63, 3.8) is 0 Å². The fourth-order valence-electron chi connectivity index (χ4n) is 3.17. The van der Waals surface area contributed by atoms with E-state index < -0.39 is 0 Å². The molecule has 0 bridgehead atoms. The standard InChI is InChI=1S/C17H24N4OS/c1-4-12(2)21-13(3)15(10-18-21)19-17(22)20-8-5-6-16(20)14-7-9-23-11-14/h7,9-12,16H,4-6,8H2,1-3H3,(H,19,22). The van der Waals surface area contributed by atoms with Crippen LogP contribution in [0.4, 0.5) is 10.5 Å². The first-order chi connectivity index (χ1) is 11.1. The van der Waals surface area contributed by atoms with E-state index in [-0.39, 0.29) is 12.1 Å². The summed E-state index contributed by atoms with van der Waals surface area (Å²) in [5.74, 6) is 0. The normalized spacial score (nSPS) is 19.1. The van der Waals surface area contributed by atoms with Crippen LogP contribution < -0.4 is 5.32 Å². The van der Waals surface area contributed by atoms with Crippen LogP contribution in [0.5, 0.6) is 0 Å². The maximum atomic E-state index is 12.7. The first-order valence-corrected chi connectivity index (χ1v) is 9.20. The van der Waals surface area contributed by atoms with Crippen LogP contribution in [-0.2, 0) is 0 Å². The summed E-state index contributed by atoms with van der Waals surface area (Å²) in [7, 11) is 0. The van der Waals surface area contributed by atoms with Crippen LogP contribution in [0.25, 0.3) is 0 Å². The van der Waals surface area contributed by atoms with E-state index in [0.717, 1.165) is 37.2 Å². The van der Waals surface area contributed by atoms with Crippen LogP contribution in [0, 0.1) is 6.92 Å². The molecule has 23 heavy (non-hydrogen) atoms. The smallest absolute Gasteiger partial charge is 0.317 e. The Hall–Kier alpha value is -1.82. The van der Waals surface area contributed by atoms with Crippen molar-refractivity contribution in [1.29, 1.82) is 0 Å². The van der Waals surface area contributed by atoms with Gasteiger partial charge in [0.15, 0.2) is 0 Å². The second-order valence-corrected chi connectivity index (χ2v) is 6.96.